The average molecular weight is 399 g/mol. The molecule has 5 heteroatoms. The van der Waals surface area contributed by atoms with E-state index in [0.29, 0.717) is 33.7 Å². The number of fused-ring (bicyclic) bond motifs is 5. The standard InChI is InChI=1S/C23H20ClFO3/c1-11-2-6-15(28-18-7-5-14(24)9-17(18)25)10-16(11)21-22(26)19-12-3-4-13(8-12)20(19)23(21)27/h2,5-7,9-10,12-13,19-20,26H,3-4,8H2,1H3/t12-,13+,19-,20+/m0/s1. The lowest BCUT2D eigenvalue weighted by Gasteiger charge is -2.23. The molecule has 3 aliphatic carbocycles. The molecule has 0 radical (unpaired) electrons. The molecule has 3 nitrogen and oxygen atoms in total. The number of hydrogen-bond donors (Lipinski definition) is 1. The number of rotatable bonds is 3. The summed E-state index contributed by atoms with van der Waals surface area (Å²) in [6.07, 6.45) is 3.22. The molecule has 5 rings (SSSR count). The number of ether oxygens (including phenoxy) is 1. The van der Waals surface area contributed by atoms with E-state index in [9.17, 15) is 14.3 Å². The van der Waals surface area contributed by atoms with Gasteiger partial charge in [-0.05, 0) is 79.5 Å². The van der Waals surface area contributed by atoms with E-state index in [1.807, 2.05) is 13.0 Å². The fraction of sp³-hybridized carbons (Fsp3) is 0.348. The summed E-state index contributed by atoms with van der Waals surface area (Å²) in [6, 6.07) is 9.49. The van der Waals surface area contributed by atoms with Crippen LogP contribution in [0.3, 0.4) is 0 Å². The number of ketones is 1. The highest BCUT2D eigenvalue weighted by atomic mass is 35.5. The topological polar surface area (TPSA) is 46.5 Å². The summed E-state index contributed by atoms with van der Waals surface area (Å²) in [5.41, 5.74) is 1.97. The van der Waals surface area contributed by atoms with Crippen molar-refractivity contribution >= 4 is 23.0 Å². The maximum absolute atomic E-state index is 14.1. The fourth-order valence-electron chi connectivity index (χ4n) is 5.41. The van der Waals surface area contributed by atoms with Gasteiger partial charge in [-0.15, -0.1) is 0 Å². The molecule has 0 heterocycles. The Morgan fingerprint density at radius 3 is 2.57 bits per heavy atom. The van der Waals surface area contributed by atoms with E-state index in [1.165, 1.54) is 12.1 Å². The molecular weight excluding hydrogens is 379 g/mol. The van der Waals surface area contributed by atoms with Crippen molar-refractivity contribution in [2.45, 2.75) is 26.2 Å². The van der Waals surface area contributed by atoms with Crippen LogP contribution in [0.5, 0.6) is 11.5 Å². The summed E-state index contributed by atoms with van der Waals surface area (Å²) in [4.78, 5) is 13.2. The maximum Gasteiger partial charge on any atom is 0.170 e. The van der Waals surface area contributed by atoms with Crippen LogP contribution in [-0.4, -0.2) is 10.9 Å². The Kier molecular flexibility index (Phi) is 4.02. The number of aliphatic hydroxyl groups is 1. The summed E-state index contributed by atoms with van der Waals surface area (Å²) in [5.74, 6) is 0.905. The van der Waals surface area contributed by atoms with Crippen molar-refractivity contribution in [2.24, 2.45) is 23.7 Å². The lowest BCUT2D eigenvalue weighted by atomic mass is 9.80. The lowest BCUT2D eigenvalue weighted by Crippen LogP contribution is -2.24. The predicted octanol–water partition coefficient (Wildman–Crippen LogP) is 6.09. The Bertz CT molecular complexity index is 1030. The van der Waals surface area contributed by atoms with Crippen molar-refractivity contribution in [1.82, 2.24) is 0 Å². The van der Waals surface area contributed by atoms with Crippen LogP contribution in [0.2, 0.25) is 5.02 Å². The summed E-state index contributed by atoms with van der Waals surface area (Å²) < 4.78 is 19.8. The number of carbonyl (C=O) groups is 1. The minimum Gasteiger partial charge on any atom is -0.511 e. The number of aryl methyl sites for hydroxylation is 1. The van der Waals surface area contributed by atoms with Crippen LogP contribution >= 0.6 is 11.6 Å². The molecule has 1 N–H and O–H groups in total. The van der Waals surface area contributed by atoms with E-state index in [-0.39, 0.29) is 29.1 Å². The van der Waals surface area contributed by atoms with Gasteiger partial charge in [0.15, 0.2) is 17.3 Å². The number of hydrogen-bond acceptors (Lipinski definition) is 3. The van der Waals surface area contributed by atoms with Crippen LogP contribution in [0.1, 0.15) is 30.4 Å². The molecule has 0 amide bonds. The third-order valence-corrected chi connectivity index (χ3v) is 6.87. The van der Waals surface area contributed by atoms with Crippen molar-refractivity contribution in [1.29, 1.82) is 0 Å². The summed E-state index contributed by atoms with van der Waals surface area (Å²) in [6.45, 7) is 1.90. The highest BCUT2D eigenvalue weighted by Crippen LogP contribution is 2.60. The molecule has 0 saturated heterocycles. The fourth-order valence-corrected chi connectivity index (χ4v) is 5.57. The second kappa shape index (κ2) is 6.35. The molecule has 28 heavy (non-hydrogen) atoms. The first-order valence-corrected chi connectivity index (χ1v) is 10.0. The van der Waals surface area contributed by atoms with Crippen molar-refractivity contribution in [3.63, 3.8) is 0 Å². The molecule has 3 aliphatic rings. The van der Waals surface area contributed by atoms with Crippen LogP contribution in [0.4, 0.5) is 4.39 Å². The number of benzene rings is 2. The highest BCUT2D eigenvalue weighted by Gasteiger charge is 2.57. The number of halogens is 2. The molecule has 4 atom stereocenters. The van der Waals surface area contributed by atoms with E-state index in [4.69, 9.17) is 16.3 Å². The zero-order chi connectivity index (χ0) is 19.6. The van der Waals surface area contributed by atoms with Crippen molar-refractivity contribution in [2.75, 3.05) is 0 Å². The van der Waals surface area contributed by atoms with E-state index >= 15 is 0 Å². The smallest absolute Gasteiger partial charge is 0.170 e. The molecule has 0 spiro atoms. The van der Waals surface area contributed by atoms with Gasteiger partial charge in [-0.3, -0.25) is 4.79 Å². The normalized spacial score (nSPS) is 28.2. The molecule has 2 fully saturated rings. The van der Waals surface area contributed by atoms with Gasteiger partial charge in [0.25, 0.3) is 0 Å². The number of carbonyl (C=O) groups excluding carboxylic acids is 1. The van der Waals surface area contributed by atoms with Gasteiger partial charge in [-0.2, -0.15) is 0 Å². The number of aliphatic hydroxyl groups excluding tert-OH is 1. The Hall–Kier alpha value is -2.33. The number of allylic oxidation sites excluding steroid dienone is 2. The van der Waals surface area contributed by atoms with Gasteiger partial charge in [0.2, 0.25) is 0 Å². The van der Waals surface area contributed by atoms with Crippen molar-refractivity contribution in [3.05, 3.63) is 64.1 Å². The first-order chi connectivity index (χ1) is 13.4. The lowest BCUT2D eigenvalue weighted by molar-refractivity contribution is -0.118. The van der Waals surface area contributed by atoms with Gasteiger partial charge in [0.05, 0.1) is 5.57 Å². The molecule has 2 aromatic rings. The largest absolute Gasteiger partial charge is 0.511 e. The molecule has 144 valence electrons. The monoisotopic (exact) mass is 398 g/mol. The molecule has 2 bridgehead atoms. The third kappa shape index (κ3) is 2.58. The zero-order valence-electron chi connectivity index (χ0n) is 15.4. The zero-order valence-corrected chi connectivity index (χ0v) is 16.2. The van der Waals surface area contributed by atoms with Crippen LogP contribution in [-0.2, 0) is 4.79 Å². The van der Waals surface area contributed by atoms with Crippen LogP contribution < -0.4 is 4.74 Å². The van der Waals surface area contributed by atoms with Gasteiger partial charge in [-0.25, -0.2) is 4.39 Å². The van der Waals surface area contributed by atoms with Gasteiger partial charge in [-0.1, -0.05) is 17.7 Å². The van der Waals surface area contributed by atoms with Crippen molar-refractivity contribution < 1.29 is 19.0 Å². The first kappa shape index (κ1) is 17.7. The van der Waals surface area contributed by atoms with E-state index in [2.05, 4.69) is 0 Å². The van der Waals surface area contributed by atoms with Gasteiger partial charge in [0.1, 0.15) is 11.5 Å². The predicted molar refractivity (Wildman–Crippen MR) is 105 cm³/mol. The third-order valence-electron chi connectivity index (χ3n) is 6.64. The van der Waals surface area contributed by atoms with Gasteiger partial charge < -0.3 is 9.84 Å². The van der Waals surface area contributed by atoms with Crippen LogP contribution in [0.25, 0.3) is 5.57 Å². The molecule has 0 unspecified atom stereocenters. The molecule has 0 aliphatic heterocycles. The Morgan fingerprint density at radius 1 is 1.11 bits per heavy atom. The minimum absolute atomic E-state index is 0.0288. The second-order valence-electron chi connectivity index (χ2n) is 8.16. The van der Waals surface area contributed by atoms with E-state index in [1.54, 1.807) is 18.2 Å². The SMILES string of the molecule is Cc1ccc(Oc2ccc(Cl)cc2F)cc1C1=C(O)[C@H]2[C@H]3CC[C@H](C3)[C@H]2C1=O. The molecule has 2 saturated carbocycles. The Morgan fingerprint density at radius 2 is 1.86 bits per heavy atom. The maximum atomic E-state index is 14.1. The van der Waals surface area contributed by atoms with E-state index < -0.39 is 5.82 Å². The Balaban J connectivity index is 1.52. The summed E-state index contributed by atoms with van der Waals surface area (Å²) in [5, 5.41) is 11.2. The minimum atomic E-state index is -0.556. The van der Waals surface area contributed by atoms with E-state index in [0.717, 1.165) is 24.8 Å². The summed E-state index contributed by atoms with van der Waals surface area (Å²) >= 11 is 5.79. The molecule has 2 aromatic carbocycles. The van der Waals surface area contributed by atoms with Crippen LogP contribution in [0.15, 0.2) is 42.2 Å². The van der Waals surface area contributed by atoms with Gasteiger partial charge >= 0.3 is 0 Å². The highest BCUT2D eigenvalue weighted by molar-refractivity contribution is 6.30. The first-order valence-electron chi connectivity index (χ1n) is 9.65. The number of Topliss-reactive ketones (excluding diaryl/α,β-unsaturated/α-hetero) is 1. The second-order valence-corrected chi connectivity index (χ2v) is 8.60. The molecular formula is C23H20ClFO3. The quantitative estimate of drug-likeness (QED) is 0.680. The molecule has 0 aromatic heterocycles. The average Bonchev–Trinajstić information content (AvgIpc) is 3.33. The summed E-state index contributed by atoms with van der Waals surface area (Å²) in [7, 11) is 0. The van der Waals surface area contributed by atoms with Crippen molar-refractivity contribution in [3.8, 4) is 11.5 Å². The Labute approximate surface area is 167 Å². The van der Waals surface area contributed by atoms with Crippen LogP contribution in [0, 0.1) is 36.4 Å². The van der Waals surface area contributed by atoms with Gasteiger partial charge in [0, 0.05) is 16.9 Å².